The summed E-state index contributed by atoms with van der Waals surface area (Å²) in [5.74, 6) is -0.428. The molecule has 1 aliphatic carbocycles. The van der Waals surface area contributed by atoms with Crippen molar-refractivity contribution in [2.45, 2.75) is 43.5 Å². The van der Waals surface area contributed by atoms with E-state index in [9.17, 15) is 12.8 Å². The molecule has 0 unspecified atom stereocenters. The molecule has 1 aliphatic rings. The lowest BCUT2D eigenvalue weighted by atomic mass is 9.78. The Bertz CT molecular complexity index is 572. The molecule has 0 bridgehead atoms. The fourth-order valence-corrected chi connectivity index (χ4v) is 4.03. The highest BCUT2D eigenvalue weighted by Gasteiger charge is 2.34. The molecule has 1 saturated carbocycles. The molecule has 0 atom stereocenters. The van der Waals surface area contributed by atoms with E-state index in [1.807, 2.05) is 0 Å². The first-order valence-corrected chi connectivity index (χ1v) is 7.77. The van der Waals surface area contributed by atoms with Crippen LogP contribution in [0.2, 0.25) is 0 Å². The van der Waals surface area contributed by atoms with Crippen LogP contribution >= 0.6 is 0 Å². The highest BCUT2D eigenvalue weighted by molar-refractivity contribution is 7.89. The van der Waals surface area contributed by atoms with Gasteiger partial charge < -0.3 is 5.73 Å². The fourth-order valence-electron chi connectivity index (χ4n) is 2.44. The Labute approximate surface area is 113 Å². The predicted molar refractivity (Wildman–Crippen MR) is 71.8 cm³/mol. The Hall–Kier alpha value is -0.980. The van der Waals surface area contributed by atoms with Crippen LogP contribution in [0.4, 0.5) is 4.39 Å². The second kappa shape index (κ2) is 4.85. The molecule has 4 nitrogen and oxygen atoms in total. The van der Waals surface area contributed by atoms with Gasteiger partial charge in [-0.1, -0.05) is 0 Å². The van der Waals surface area contributed by atoms with E-state index in [1.165, 1.54) is 12.1 Å². The lowest BCUT2D eigenvalue weighted by Gasteiger charge is -2.38. The van der Waals surface area contributed by atoms with E-state index >= 15 is 0 Å². The third kappa shape index (κ3) is 2.96. The minimum Gasteiger partial charge on any atom is -0.324 e. The van der Waals surface area contributed by atoms with Crippen molar-refractivity contribution < 1.29 is 12.8 Å². The average molecular weight is 286 g/mol. The number of aryl methyl sites for hydroxylation is 2. The topological polar surface area (TPSA) is 72.2 Å². The summed E-state index contributed by atoms with van der Waals surface area (Å²) in [6.07, 6.45) is 2.70. The largest absolute Gasteiger partial charge is 0.324 e. The first-order valence-electron chi connectivity index (χ1n) is 6.29. The number of nitrogens with two attached hydrogens (primary N) is 1. The number of hydrogen-bond donors (Lipinski definition) is 2. The molecule has 1 fully saturated rings. The van der Waals surface area contributed by atoms with E-state index < -0.39 is 21.4 Å². The standard InChI is InChI=1S/C13H19FN2O2S/c1-9-6-11(14)7-10(2)12(9)19(17,18)16-8-13(15)4-3-5-13/h6-7,16H,3-5,8,15H2,1-2H3. The molecule has 2 rings (SSSR count). The number of nitrogens with one attached hydrogen (secondary N) is 1. The molecule has 1 aromatic carbocycles. The van der Waals surface area contributed by atoms with Gasteiger partial charge in [0.2, 0.25) is 10.0 Å². The summed E-state index contributed by atoms with van der Waals surface area (Å²) in [7, 11) is -3.64. The Morgan fingerprint density at radius 2 is 1.84 bits per heavy atom. The normalized spacial score (nSPS) is 18.1. The van der Waals surface area contributed by atoms with Gasteiger partial charge in [0.25, 0.3) is 0 Å². The van der Waals surface area contributed by atoms with Gasteiger partial charge in [0.15, 0.2) is 0 Å². The molecule has 3 N–H and O–H groups in total. The van der Waals surface area contributed by atoms with Crippen molar-refractivity contribution in [1.82, 2.24) is 4.72 Å². The molecule has 0 aromatic heterocycles. The molecule has 0 spiro atoms. The molecule has 0 heterocycles. The van der Waals surface area contributed by atoms with Crippen molar-refractivity contribution in [3.05, 3.63) is 29.1 Å². The van der Waals surface area contributed by atoms with E-state index in [0.717, 1.165) is 19.3 Å². The van der Waals surface area contributed by atoms with E-state index in [0.29, 0.717) is 11.1 Å². The summed E-state index contributed by atoms with van der Waals surface area (Å²) < 4.78 is 40.3. The highest BCUT2D eigenvalue weighted by Crippen LogP contribution is 2.29. The first kappa shape index (κ1) is 14.4. The number of benzene rings is 1. The van der Waals surface area contributed by atoms with Crippen LogP contribution < -0.4 is 10.5 Å². The third-order valence-electron chi connectivity index (χ3n) is 3.66. The lowest BCUT2D eigenvalue weighted by molar-refractivity contribution is 0.251. The van der Waals surface area contributed by atoms with E-state index in [2.05, 4.69) is 4.72 Å². The highest BCUT2D eigenvalue weighted by atomic mass is 32.2. The van der Waals surface area contributed by atoms with Crippen LogP contribution in [0.5, 0.6) is 0 Å². The third-order valence-corrected chi connectivity index (χ3v) is 5.36. The maximum atomic E-state index is 13.2. The molecule has 0 aliphatic heterocycles. The Morgan fingerprint density at radius 1 is 1.32 bits per heavy atom. The summed E-state index contributed by atoms with van der Waals surface area (Å²) in [6.45, 7) is 3.41. The maximum absolute atomic E-state index is 13.2. The van der Waals surface area contributed by atoms with Crippen LogP contribution in [0.15, 0.2) is 17.0 Å². The second-order valence-electron chi connectivity index (χ2n) is 5.41. The van der Waals surface area contributed by atoms with Gasteiger partial charge in [-0.05, 0) is 56.4 Å². The van der Waals surface area contributed by atoms with Gasteiger partial charge in [0.1, 0.15) is 5.82 Å². The van der Waals surface area contributed by atoms with Gasteiger partial charge in [-0.25, -0.2) is 17.5 Å². The summed E-state index contributed by atoms with van der Waals surface area (Å²) in [5, 5.41) is 0. The lowest BCUT2D eigenvalue weighted by Crippen LogP contribution is -2.54. The van der Waals surface area contributed by atoms with Crippen molar-refractivity contribution >= 4 is 10.0 Å². The minimum atomic E-state index is -3.64. The van der Waals surface area contributed by atoms with Crippen molar-refractivity contribution in [3.8, 4) is 0 Å². The summed E-state index contributed by atoms with van der Waals surface area (Å²) in [5.41, 5.74) is 6.39. The molecule has 1 aromatic rings. The smallest absolute Gasteiger partial charge is 0.241 e. The van der Waals surface area contributed by atoms with Crippen molar-refractivity contribution in [3.63, 3.8) is 0 Å². The molecule has 0 amide bonds. The van der Waals surface area contributed by atoms with Crippen molar-refractivity contribution in [2.75, 3.05) is 6.54 Å². The summed E-state index contributed by atoms with van der Waals surface area (Å²) in [4.78, 5) is 0.150. The summed E-state index contributed by atoms with van der Waals surface area (Å²) in [6, 6.07) is 2.45. The first-order chi connectivity index (χ1) is 8.73. The zero-order valence-electron chi connectivity index (χ0n) is 11.2. The number of halogens is 1. The Kier molecular flexibility index (Phi) is 3.68. The van der Waals surface area contributed by atoms with E-state index in [1.54, 1.807) is 13.8 Å². The molecule has 106 valence electrons. The minimum absolute atomic E-state index is 0.150. The molecule has 6 heteroatoms. The van der Waals surface area contributed by atoms with Crippen LogP contribution in [0.25, 0.3) is 0 Å². The number of hydrogen-bond acceptors (Lipinski definition) is 3. The van der Waals surface area contributed by atoms with Crippen LogP contribution in [0.1, 0.15) is 30.4 Å². The monoisotopic (exact) mass is 286 g/mol. The summed E-state index contributed by atoms with van der Waals surface area (Å²) >= 11 is 0. The average Bonchev–Trinajstić information content (AvgIpc) is 2.22. The van der Waals surface area contributed by atoms with Crippen molar-refractivity contribution in [1.29, 1.82) is 0 Å². The van der Waals surface area contributed by atoms with Gasteiger partial charge >= 0.3 is 0 Å². The van der Waals surface area contributed by atoms with Crippen LogP contribution in [-0.4, -0.2) is 20.5 Å². The quantitative estimate of drug-likeness (QED) is 0.883. The van der Waals surface area contributed by atoms with Gasteiger partial charge in [-0.3, -0.25) is 0 Å². The van der Waals surface area contributed by atoms with E-state index in [4.69, 9.17) is 5.73 Å². The Morgan fingerprint density at radius 3 is 2.26 bits per heavy atom. The zero-order chi connectivity index (χ0) is 14.3. The molecule has 0 radical (unpaired) electrons. The second-order valence-corrected chi connectivity index (χ2v) is 7.11. The Balaban J connectivity index is 2.24. The number of rotatable bonds is 4. The molecule has 0 saturated heterocycles. The SMILES string of the molecule is Cc1cc(F)cc(C)c1S(=O)(=O)NCC1(N)CCC1. The van der Waals surface area contributed by atoms with Gasteiger partial charge in [0, 0.05) is 12.1 Å². The zero-order valence-corrected chi connectivity index (χ0v) is 12.0. The maximum Gasteiger partial charge on any atom is 0.241 e. The van der Waals surface area contributed by atoms with Crippen LogP contribution in [0.3, 0.4) is 0 Å². The molecular formula is C13H19FN2O2S. The van der Waals surface area contributed by atoms with E-state index in [-0.39, 0.29) is 11.4 Å². The predicted octanol–water partition coefficient (Wildman–Crippen LogP) is 1.60. The molecular weight excluding hydrogens is 267 g/mol. The van der Waals surface area contributed by atoms with Gasteiger partial charge in [-0.2, -0.15) is 0 Å². The van der Waals surface area contributed by atoms with Gasteiger partial charge in [-0.15, -0.1) is 0 Å². The van der Waals surface area contributed by atoms with Crippen molar-refractivity contribution in [2.24, 2.45) is 5.73 Å². The van der Waals surface area contributed by atoms with Crippen LogP contribution in [-0.2, 0) is 10.0 Å². The number of sulfonamides is 1. The molecule has 19 heavy (non-hydrogen) atoms. The van der Waals surface area contributed by atoms with Crippen LogP contribution in [0, 0.1) is 19.7 Å². The fraction of sp³-hybridized carbons (Fsp3) is 0.538. The van der Waals surface area contributed by atoms with Gasteiger partial charge in [0.05, 0.1) is 4.90 Å².